The molecule has 124 valence electrons. The van der Waals surface area contributed by atoms with Crippen LogP contribution in [0.5, 0.6) is 0 Å². The first-order valence-electron chi connectivity index (χ1n) is 8.14. The lowest BCUT2D eigenvalue weighted by Gasteiger charge is -2.14. The molecule has 1 atom stereocenters. The number of nitrogens with zero attached hydrogens (tertiary/aromatic N) is 2. The van der Waals surface area contributed by atoms with Gasteiger partial charge in [0.25, 0.3) is 0 Å². The van der Waals surface area contributed by atoms with Gasteiger partial charge in [-0.05, 0) is 44.1 Å². The van der Waals surface area contributed by atoms with E-state index in [9.17, 15) is 4.79 Å². The van der Waals surface area contributed by atoms with Gasteiger partial charge >= 0.3 is 5.97 Å². The smallest absolute Gasteiger partial charge is 0.319 e. The number of hydrogen-bond acceptors (Lipinski definition) is 6. The van der Waals surface area contributed by atoms with Gasteiger partial charge in [0.1, 0.15) is 21.4 Å². The second-order valence-electron chi connectivity index (χ2n) is 6.35. The normalized spacial score (nSPS) is 15.7. The van der Waals surface area contributed by atoms with Crippen LogP contribution in [-0.2, 0) is 22.4 Å². The lowest BCUT2D eigenvalue weighted by Crippen LogP contribution is -2.19. The molecule has 6 heteroatoms. The number of carbonyl (C=O) groups is 1. The lowest BCUT2D eigenvalue weighted by molar-refractivity contribution is -0.143. The number of esters is 1. The number of rotatable bonds is 5. The highest BCUT2D eigenvalue weighted by Crippen LogP contribution is 2.40. The highest BCUT2D eigenvalue weighted by Gasteiger charge is 2.23. The average molecular weight is 351 g/mol. The third-order valence-electron chi connectivity index (χ3n) is 3.90. The molecule has 4 nitrogen and oxygen atoms in total. The highest BCUT2D eigenvalue weighted by molar-refractivity contribution is 8.00. The Kier molecular flexibility index (Phi) is 5.21. The molecule has 0 saturated heterocycles. The van der Waals surface area contributed by atoms with Crippen LogP contribution < -0.4 is 0 Å². The van der Waals surface area contributed by atoms with Crippen molar-refractivity contribution in [2.24, 2.45) is 5.92 Å². The Bertz CT molecular complexity index is 712. The van der Waals surface area contributed by atoms with Crippen LogP contribution in [0.3, 0.4) is 0 Å². The van der Waals surface area contributed by atoms with Crippen LogP contribution in [0, 0.1) is 5.92 Å². The summed E-state index contributed by atoms with van der Waals surface area (Å²) in [6.45, 7) is 6.43. The Labute approximate surface area is 145 Å². The number of thioether (sulfide) groups is 1. The van der Waals surface area contributed by atoms with E-state index in [4.69, 9.17) is 4.74 Å². The molecule has 0 saturated carbocycles. The summed E-state index contributed by atoms with van der Waals surface area (Å²) in [7, 11) is 0. The largest absolute Gasteiger partial charge is 0.465 e. The number of fused-ring (bicyclic) bond motifs is 3. The van der Waals surface area contributed by atoms with Gasteiger partial charge in [0.05, 0.1) is 6.61 Å². The molecular weight excluding hydrogens is 328 g/mol. The number of aromatic nitrogens is 2. The van der Waals surface area contributed by atoms with Crippen LogP contribution in [0.15, 0.2) is 11.4 Å². The fourth-order valence-corrected chi connectivity index (χ4v) is 4.97. The van der Waals surface area contributed by atoms with E-state index in [1.807, 2.05) is 20.8 Å². The molecule has 0 radical (unpaired) electrons. The van der Waals surface area contributed by atoms with Crippen molar-refractivity contribution in [3.8, 4) is 0 Å². The van der Waals surface area contributed by atoms with E-state index in [2.05, 4.69) is 9.97 Å². The standard InChI is InChI=1S/C17H22N2O2S2/c1-10(2)8-21-17(20)11(3)22-15-14-12-6-4-5-7-13(12)23-16(14)19-9-18-15/h9-11H,4-8H2,1-3H3/t11-/m1/s1. The minimum absolute atomic E-state index is 0.167. The molecule has 1 aliphatic rings. The van der Waals surface area contributed by atoms with Crippen LogP contribution in [0.2, 0.25) is 0 Å². The number of aryl methyl sites for hydroxylation is 2. The van der Waals surface area contributed by atoms with Crippen molar-refractivity contribution in [2.45, 2.75) is 56.7 Å². The zero-order valence-electron chi connectivity index (χ0n) is 13.8. The molecule has 23 heavy (non-hydrogen) atoms. The highest BCUT2D eigenvalue weighted by atomic mass is 32.2. The fraction of sp³-hybridized carbons (Fsp3) is 0.588. The molecule has 2 aromatic rings. The molecule has 0 amide bonds. The lowest BCUT2D eigenvalue weighted by atomic mass is 9.97. The first kappa shape index (κ1) is 16.7. The van der Waals surface area contributed by atoms with Crippen molar-refractivity contribution < 1.29 is 9.53 Å². The second kappa shape index (κ2) is 7.18. The van der Waals surface area contributed by atoms with Gasteiger partial charge in [0, 0.05) is 10.3 Å². The van der Waals surface area contributed by atoms with Gasteiger partial charge in [-0.25, -0.2) is 9.97 Å². The van der Waals surface area contributed by atoms with Gasteiger partial charge in [0.2, 0.25) is 0 Å². The molecule has 0 fully saturated rings. The Morgan fingerprint density at radius 3 is 2.87 bits per heavy atom. The maximum atomic E-state index is 12.1. The first-order chi connectivity index (χ1) is 11.1. The number of hydrogen-bond donors (Lipinski definition) is 0. The van der Waals surface area contributed by atoms with Crippen molar-refractivity contribution in [1.29, 1.82) is 0 Å². The van der Waals surface area contributed by atoms with E-state index in [0.29, 0.717) is 12.5 Å². The SMILES string of the molecule is CC(C)COC(=O)[C@@H](C)Sc1ncnc2sc3c(c12)CCCC3. The van der Waals surface area contributed by atoms with E-state index in [1.54, 1.807) is 17.7 Å². The second-order valence-corrected chi connectivity index (χ2v) is 8.77. The summed E-state index contributed by atoms with van der Waals surface area (Å²) in [5.41, 5.74) is 1.40. The van der Waals surface area contributed by atoms with Crippen molar-refractivity contribution in [1.82, 2.24) is 9.97 Å². The molecule has 2 heterocycles. The zero-order chi connectivity index (χ0) is 16.4. The van der Waals surface area contributed by atoms with Crippen molar-refractivity contribution in [2.75, 3.05) is 6.61 Å². The molecule has 2 aromatic heterocycles. The molecular formula is C17H22N2O2S2. The van der Waals surface area contributed by atoms with Gasteiger partial charge < -0.3 is 4.74 Å². The average Bonchev–Trinajstić information content (AvgIpc) is 2.91. The van der Waals surface area contributed by atoms with E-state index < -0.39 is 0 Å². The third-order valence-corrected chi connectivity index (χ3v) is 6.17. The fourth-order valence-electron chi connectivity index (χ4n) is 2.73. The maximum absolute atomic E-state index is 12.1. The molecule has 0 bridgehead atoms. The molecule has 0 unspecified atom stereocenters. The zero-order valence-corrected chi connectivity index (χ0v) is 15.4. The first-order valence-corrected chi connectivity index (χ1v) is 9.84. The summed E-state index contributed by atoms with van der Waals surface area (Å²) in [4.78, 5) is 23.5. The minimum atomic E-state index is -0.258. The number of thiophene rings is 1. The maximum Gasteiger partial charge on any atom is 0.319 e. The monoisotopic (exact) mass is 350 g/mol. The molecule has 0 aromatic carbocycles. The van der Waals surface area contributed by atoms with Crippen LogP contribution in [-0.4, -0.2) is 27.8 Å². The third kappa shape index (κ3) is 3.69. The van der Waals surface area contributed by atoms with E-state index in [1.165, 1.54) is 40.4 Å². The quantitative estimate of drug-likeness (QED) is 0.458. The molecule has 0 N–H and O–H groups in total. The molecule has 3 rings (SSSR count). The molecule has 1 aliphatic carbocycles. The number of carbonyl (C=O) groups excluding carboxylic acids is 1. The summed E-state index contributed by atoms with van der Waals surface area (Å²) in [6.07, 6.45) is 6.34. The minimum Gasteiger partial charge on any atom is -0.465 e. The summed E-state index contributed by atoms with van der Waals surface area (Å²) in [5.74, 6) is 0.186. The molecule has 0 spiro atoms. The van der Waals surface area contributed by atoms with Crippen molar-refractivity contribution >= 4 is 39.3 Å². The summed E-state index contributed by atoms with van der Waals surface area (Å²) < 4.78 is 5.34. The predicted molar refractivity (Wildman–Crippen MR) is 95.2 cm³/mol. The van der Waals surface area contributed by atoms with Gasteiger partial charge in [-0.15, -0.1) is 11.3 Å². The van der Waals surface area contributed by atoms with Crippen molar-refractivity contribution in [3.63, 3.8) is 0 Å². The topological polar surface area (TPSA) is 52.1 Å². The van der Waals surface area contributed by atoms with Crippen LogP contribution in [0.4, 0.5) is 0 Å². The van der Waals surface area contributed by atoms with Gasteiger partial charge in [-0.1, -0.05) is 25.6 Å². The Morgan fingerprint density at radius 1 is 1.30 bits per heavy atom. The van der Waals surface area contributed by atoms with Gasteiger partial charge in [0.15, 0.2) is 0 Å². The van der Waals surface area contributed by atoms with E-state index >= 15 is 0 Å². The Balaban J connectivity index is 1.82. The number of ether oxygens (including phenoxy) is 1. The summed E-state index contributed by atoms with van der Waals surface area (Å²) >= 11 is 3.27. The van der Waals surface area contributed by atoms with Crippen LogP contribution >= 0.6 is 23.1 Å². The summed E-state index contributed by atoms with van der Waals surface area (Å²) in [6, 6.07) is 0. The summed E-state index contributed by atoms with van der Waals surface area (Å²) in [5, 5.41) is 1.83. The van der Waals surface area contributed by atoms with E-state index in [0.717, 1.165) is 22.7 Å². The van der Waals surface area contributed by atoms with Gasteiger partial charge in [-0.3, -0.25) is 4.79 Å². The van der Waals surface area contributed by atoms with Crippen LogP contribution in [0.1, 0.15) is 44.1 Å². The Morgan fingerprint density at radius 2 is 2.09 bits per heavy atom. The van der Waals surface area contributed by atoms with Crippen LogP contribution in [0.25, 0.3) is 10.2 Å². The van der Waals surface area contributed by atoms with E-state index in [-0.39, 0.29) is 11.2 Å². The van der Waals surface area contributed by atoms with Gasteiger partial charge in [-0.2, -0.15) is 0 Å². The Hall–Kier alpha value is -1.14. The predicted octanol–water partition coefficient (Wildman–Crippen LogP) is 4.25. The molecule has 0 aliphatic heterocycles. The van der Waals surface area contributed by atoms with Crippen molar-refractivity contribution in [3.05, 3.63) is 16.8 Å².